The summed E-state index contributed by atoms with van der Waals surface area (Å²) in [7, 11) is -1.38. The van der Waals surface area contributed by atoms with Gasteiger partial charge >= 0.3 is 0 Å². The van der Waals surface area contributed by atoms with E-state index in [1.165, 1.54) is 0 Å². The second-order valence-electron chi connectivity index (χ2n) is 3.34. The highest BCUT2D eigenvalue weighted by Crippen LogP contribution is 2.38. The molecule has 76 valence electrons. The van der Waals surface area contributed by atoms with Gasteiger partial charge in [0.15, 0.2) is 0 Å². The van der Waals surface area contributed by atoms with Crippen LogP contribution in [0.4, 0.5) is 11.4 Å². The third kappa shape index (κ3) is 1.24. The number of fused-ring (bicyclic) bond motifs is 1. The van der Waals surface area contributed by atoms with E-state index in [1.54, 1.807) is 13.0 Å². The summed E-state index contributed by atoms with van der Waals surface area (Å²) in [5.74, 6) is 0. The van der Waals surface area contributed by atoms with E-state index < -0.39 is 15.3 Å². The van der Waals surface area contributed by atoms with Gasteiger partial charge in [0.1, 0.15) is 5.25 Å². The molecule has 1 aromatic carbocycles. The van der Waals surface area contributed by atoms with E-state index in [4.69, 9.17) is 0 Å². The fraction of sp³-hybridized carbons (Fsp3) is 0.333. The van der Waals surface area contributed by atoms with Crippen LogP contribution in [-0.4, -0.2) is 15.5 Å². The van der Waals surface area contributed by atoms with Gasteiger partial charge in [-0.1, -0.05) is 0 Å². The van der Waals surface area contributed by atoms with Crippen molar-refractivity contribution in [3.8, 4) is 0 Å². The maximum atomic E-state index is 11.5. The summed E-state index contributed by atoms with van der Waals surface area (Å²) in [4.78, 5) is 0. The van der Waals surface area contributed by atoms with Crippen LogP contribution in [0, 0.1) is 0 Å². The van der Waals surface area contributed by atoms with Crippen molar-refractivity contribution >= 4 is 21.4 Å². The van der Waals surface area contributed by atoms with E-state index in [0.717, 1.165) is 11.3 Å². The number of benzene rings is 1. The molecule has 5 heteroatoms. The molecule has 1 heterocycles. The summed E-state index contributed by atoms with van der Waals surface area (Å²) in [6.07, 6.45) is 0. The predicted molar refractivity (Wildman–Crippen MR) is 56.9 cm³/mol. The van der Waals surface area contributed by atoms with Crippen LogP contribution in [0.2, 0.25) is 0 Å². The van der Waals surface area contributed by atoms with E-state index in [0.29, 0.717) is 5.69 Å². The Morgan fingerprint density at radius 3 is 2.79 bits per heavy atom. The van der Waals surface area contributed by atoms with E-state index in [-0.39, 0.29) is 0 Å². The minimum absolute atomic E-state index is 0.467. The summed E-state index contributed by atoms with van der Waals surface area (Å²) in [5, 5.41) is 2.52. The number of anilines is 2. The van der Waals surface area contributed by atoms with Gasteiger partial charge in [0.25, 0.3) is 0 Å². The molecule has 1 atom stereocenters. The fourth-order valence-electron chi connectivity index (χ4n) is 1.56. The highest BCUT2D eigenvalue weighted by atomic mass is 32.2. The molecule has 1 aromatic rings. The van der Waals surface area contributed by atoms with E-state index in [9.17, 15) is 8.42 Å². The second-order valence-corrected chi connectivity index (χ2v) is 5.34. The van der Waals surface area contributed by atoms with Crippen molar-refractivity contribution in [2.45, 2.75) is 12.2 Å². The lowest BCUT2D eigenvalue weighted by Crippen LogP contribution is -2.09. The normalized spacial score (nSPS) is 22.6. The van der Waals surface area contributed by atoms with Crippen LogP contribution >= 0.6 is 0 Å². The van der Waals surface area contributed by atoms with E-state index in [1.807, 2.05) is 19.2 Å². The minimum Gasteiger partial charge on any atom is -0.388 e. The van der Waals surface area contributed by atoms with Crippen molar-refractivity contribution in [3.63, 3.8) is 0 Å². The van der Waals surface area contributed by atoms with Crippen LogP contribution < -0.4 is 10.0 Å². The molecule has 0 bridgehead atoms. The van der Waals surface area contributed by atoms with Crippen LogP contribution in [0.5, 0.6) is 0 Å². The van der Waals surface area contributed by atoms with Gasteiger partial charge in [-0.2, -0.15) is 0 Å². The number of rotatable bonds is 1. The van der Waals surface area contributed by atoms with Crippen LogP contribution in [0.25, 0.3) is 0 Å². The highest BCUT2D eigenvalue weighted by Gasteiger charge is 2.32. The van der Waals surface area contributed by atoms with Crippen molar-refractivity contribution < 1.29 is 8.42 Å². The van der Waals surface area contributed by atoms with Crippen LogP contribution in [0.3, 0.4) is 0 Å². The second kappa shape index (κ2) is 2.88. The van der Waals surface area contributed by atoms with Gasteiger partial charge in [0.2, 0.25) is 10.0 Å². The Labute approximate surface area is 83.4 Å². The first-order valence-corrected chi connectivity index (χ1v) is 5.92. The standard InChI is InChI=1S/C9H12N2O2S/c1-6-8-5-7(10-2)3-4-9(8)11-14(6,12)13/h3-6,10-11H,1-2H3/t6-/m1/s1. The Morgan fingerprint density at radius 1 is 1.43 bits per heavy atom. The quantitative estimate of drug-likeness (QED) is 0.742. The maximum absolute atomic E-state index is 11.5. The van der Waals surface area contributed by atoms with Gasteiger partial charge in [-0.25, -0.2) is 8.42 Å². The zero-order valence-corrected chi connectivity index (χ0v) is 8.85. The van der Waals surface area contributed by atoms with Gasteiger partial charge in [-0.3, -0.25) is 4.72 Å². The first-order valence-electron chi connectivity index (χ1n) is 4.38. The molecule has 0 amide bonds. The summed E-state index contributed by atoms with van der Waals surface area (Å²) in [6.45, 7) is 1.69. The number of sulfonamides is 1. The first kappa shape index (κ1) is 9.33. The summed E-state index contributed by atoms with van der Waals surface area (Å²) in [5.41, 5.74) is 2.45. The molecule has 0 saturated carbocycles. The molecular weight excluding hydrogens is 200 g/mol. The molecule has 0 unspecified atom stereocenters. The third-order valence-electron chi connectivity index (χ3n) is 2.50. The molecule has 0 radical (unpaired) electrons. The van der Waals surface area contributed by atoms with Gasteiger partial charge in [-0.05, 0) is 30.7 Å². The maximum Gasteiger partial charge on any atom is 0.239 e. The Balaban J connectivity index is 2.56. The van der Waals surface area contributed by atoms with Crippen molar-refractivity contribution in [1.82, 2.24) is 0 Å². The lowest BCUT2D eigenvalue weighted by Gasteiger charge is -2.04. The summed E-state index contributed by atoms with van der Waals surface area (Å²) >= 11 is 0. The molecule has 4 nitrogen and oxygen atoms in total. The zero-order valence-electron chi connectivity index (χ0n) is 8.03. The molecule has 2 rings (SSSR count). The average molecular weight is 212 g/mol. The van der Waals surface area contributed by atoms with Crippen LogP contribution in [0.15, 0.2) is 18.2 Å². The molecule has 2 N–H and O–H groups in total. The van der Waals surface area contributed by atoms with Crippen molar-refractivity contribution in [1.29, 1.82) is 0 Å². The van der Waals surface area contributed by atoms with Gasteiger partial charge in [0.05, 0.1) is 5.69 Å². The Hall–Kier alpha value is -1.23. The van der Waals surface area contributed by atoms with E-state index >= 15 is 0 Å². The topological polar surface area (TPSA) is 58.2 Å². The van der Waals surface area contributed by atoms with Crippen molar-refractivity contribution in [3.05, 3.63) is 23.8 Å². The van der Waals surface area contributed by atoms with Crippen LogP contribution in [0.1, 0.15) is 17.7 Å². The predicted octanol–water partition coefficient (Wildman–Crippen LogP) is 1.54. The number of hydrogen-bond donors (Lipinski definition) is 2. The lowest BCUT2D eigenvalue weighted by molar-refractivity contribution is 0.595. The monoisotopic (exact) mass is 212 g/mol. The van der Waals surface area contributed by atoms with Crippen LogP contribution in [-0.2, 0) is 10.0 Å². The Morgan fingerprint density at radius 2 is 2.14 bits per heavy atom. The third-order valence-corrected chi connectivity index (χ3v) is 4.19. The van der Waals surface area contributed by atoms with Gasteiger partial charge < -0.3 is 5.32 Å². The van der Waals surface area contributed by atoms with Crippen molar-refractivity contribution in [2.75, 3.05) is 17.1 Å². The first-order chi connectivity index (χ1) is 6.54. The molecule has 14 heavy (non-hydrogen) atoms. The Bertz CT molecular complexity index is 468. The molecule has 0 fully saturated rings. The Kier molecular flexibility index (Phi) is 1.92. The fourth-order valence-corrected chi connectivity index (χ4v) is 2.75. The minimum atomic E-state index is -3.19. The SMILES string of the molecule is CNc1ccc2c(c1)[C@@H](C)S(=O)(=O)N2. The van der Waals surface area contributed by atoms with E-state index in [2.05, 4.69) is 10.0 Å². The smallest absolute Gasteiger partial charge is 0.239 e. The summed E-state index contributed by atoms with van der Waals surface area (Å²) < 4.78 is 25.5. The molecule has 0 spiro atoms. The zero-order chi connectivity index (χ0) is 10.3. The summed E-state index contributed by atoms with van der Waals surface area (Å²) in [6, 6.07) is 5.49. The van der Waals surface area contributed by atoms with Crippen molar-refractivity contribution in [2.24, 2.45) is 0 Å². The average Bonchev–Trinajstić information content (AvgIpc) is 2.38. The molecule has 0 saturated heterocycles. The molecule has 0 aromatic heterocycles. The largest absolute Gasteiger partial charge is 0.388 e. The number of nitrogens with one attached hydrogen (secondary N) is 2. The number of hydrogen-bond acceptors (Lipinski definition) is 3. The highest BCUT2D eigenvalue weighted by molar-refractivity contribution is 7.93. The molecule has 0 aliphatic carbocycles. The molecule has 1 aliphatic rings. The lowest BCUT2D eigenvalue weighted by atomic mass is 10.1. The molecule has 1 aliphatic heterocycles. The molecular formula is C9H12N2O2S. The van der Waals surface area contributed by atoms with Gasteiger partial charge in [0, 0.05) is 12.7 Å². The van der Waals surface area contributed by atoms with Gasteiger partial charge in [-0.15, -0.1) is 0 Å².